The van der Waals surface area contributed by atoms with Crippen molar-refractivity contribution in [3.63, 3.8) is 0 Å². The average Bonchev–Trinajstić information content (AvgIpc) is 3.02. The van der Waals surface area contributed by atoms with Gasteiger partial charge < -0.3 is 10.1 Å². The van der Waals surface area contributed by atoms with Gasteiger partial charge in [0.15, 0.2) is 0 Å². The minimum absolute atomic E-state index is 0.0222. The van der Waals surface area contributed by atoms with Crippen molar-refractivity contribution in [1.29, 1.82) is 0 Å². The Morgan fingerprint density at radius 2 is 1.84 bits per heavy atom. The van der Waals surface area contributed by atoms with Crippen molar-refractivity contribution in [3.8, 4) is 28.3 Å². The fraction of sp³-hybridized carbons (Fsp3) is 0. The molecule has 0 spiro atoms. The number of phenols is 1. The molecule has 0 aliphatic rings. The Bertz CT molecular complexity index is 1170. The maximum atomic E-state index is 12.7. The van der Waals surface area contributed by atoms with Gasteiger partial charge in [-0.15, -0.1) is 11.3 Å². The summed E-state index contributed by atoms with van der Waals surface area (Å²) in [6, 6.07) is 12.0. The van der Waals surface area contributed by atoms with Crippen LogP contribution in [0.1, 0.15) is 0 Å². The van der Waals surface area contributed by atoms with Gasteiger partial charge in [0.2, 0.25) is 0 Å². The van der Waals surface area contributed by atoms with Crippen LogP contribution in [0.5, 0.6) is 5.75 Å². The van der Waals surface area contributed by atoms with Gasteiger partial charge in [0, 0.05) is 27.1 Å². The minimum Gasteiger partial charge on any atom is -0.506 e. The quantitative estimate of drug-likeness (QED) is 0.487. The zero-order valence-corrected chi connectivity index (χ0v) is 14.9. The lowest BCUT2D eigenvalue weighted by Gasteiger charge is -2.05. The predicted octanol–water partition coefficient (Wildman–Crippen LogP) is 5.33. The number of fused-ring (bicyclic) bond motifs is 1. The van der Waals surface area contributed by atoms with Crippen LogP contribution in [0.25, 0.3) is 32.7 Å². The molecule has 0 unspecified atom stereocenters. The number of aromatic amines is 1. The van der Waals surface area contributed by atoms with Crippen LogP contribution in [0.4, 0.5) is 0 Å². The lowest BCUT2D eigenvalue weighted by atomic mass is 10.1. The van der Waals surface area contributed by atoms with Gasteiger partial charge in [-0.3, -0.25) is 4.79 Å². The van der Waals surface area contributed by atoms with Gasteiger partial charge in [-0.05, 0) is 24.3 Å². The molecule has 0 bridgehead atoms. The highest BCUT2D eigenvalue weighted by atomic mass is 35.5. The summed E-state index contributed by atoms with van der Waals surface area (Å²) in [7, 11) is 0. The van der Waals surface area contributed by atoms with Crippen LogP contribution in [0, 0.1) is 0 Å². The van der Waals surface area contributed by atoms with Crippen molar-refractivity contribution < 1.29 is 5.11 Å². The molecule has 0 aliphatic heterocycles. The Labute approximate surface area is 156 Å². The number of hydrogen-bond donors (Lipinski definition) is 2. The summed E-state index contributed by atoms with van der Waals surface area (Å²) < 4.78 is 0. The number of benzene rings is 2. The molecule has 25 heavy (non-hydrogen) atoms. The molecule has 2 aromatic heterocycles. The van der Waals surface area contributed by atoms with Crippen molar-refractivity contribution >= 4 is 44.8 Å². The van der Waals surface area contributed by atoms with E-state index >= 15 is 0 Å². The second-order valence-corrected chi connectivity index (χ2v) is 7.06. The summed E-state index contributed by atoms with van der Waals surface area (Å²) in [4.78, 5) is 20.6. The summed E-state index contributed by atoms with van der Waals surface area (Å²) in [5, 5.41) is 12.7. The molecule has 4 aromatic rings. The highest BCUT2D eigenvalue weighted by molar-refractivity contribution is 7.17. The van der Waals surface area contributed by atoms with Gasteiger partial charge in [0.05, 0.1) is 10.4 Å². The van der Waals surface area contributed by atoms with Gasteiger partial charge in [0.1, 0.15) is 16.4 Å². The van der Waals surface area contributed by atoms with Crippen LogP contribution in [-0.4, -0.2) is 15.1 Å². The molecule has 7 heteroatoms. The van der Waals surface area contributed by atoms with Crippen LogP contribution in [-0.2, 0) is 0 Å². The van der Waals surface area contributed by atoms with Crippen molar-refractivity contribution in [1.82, 2.24) is 9.97 Å². The zero-order chi connectivity index (χ0) is 17.6. The number of hydrogen-bond acceptors (Lipinski definition) is 4. The molecule has 0 radical (unpaired) electrons. The fourth-order valence-corrected chi connectivity index (χ4v) is 3.97. The van der Waals surface area contributed by atoms with E-state index in [2.05, 4.69) is 9.97 Å². The number of halogens is 2. The van der Waals surface area contributed by atoms with E-state index in [1.165, 1.54) is 17.4 Å². The normalized spacial score (nSPS) is 11.1. The zero-order valence-electron chi connectivity index (χ0n) is 12.6. The lowest BCUT2D eigenvalue weighted by Crippen LogP contribution is -2.09. The highest BCUT2D eigenvalue weighted by Crippen LogP contribution is 2.35. The molecule has 0 saturated carbocycles. The van der Waals surface area contributed by atoms with E-state index in [9.17, 15) is 9.90 Å². The smallest absolute Gasteiger partial charge is 0.260 e. The third-order valence-electron chi connectivity index (χ3n) is 3.83. The number of aromatic nitrogens is 2. The Hall–Kier alpha value is -2.34. The van der Waals surface area contributed by atoms with E-state index in [-0.39, 0.29) is 16.3 Å². The molecule has 0 fully saturated rings. The van der Waals surface area contributed by atoms with Crippen molar-refractivity contribution in [3.05, 3.63) is 68.2 Å². The van der Waals surface area contributed by atoms with Crippen LogP contribution in [0.2, 0.25) is 10.0 Å². The van der Waals surface area contributed by atoms with E-state index in [0.29, 0.717) is 26.6 Å². The Morgan fingerprint density at radius 1 is 1.04 bits per heavy atom. The number of nitrogens with one attached hydrogen (secondary N) is 1. The van der Waals surface area contributed by atoms with E-state index < -0.39 is 0 Å². The van der Waals surface area contributed by atoms with Crippen LogP contribution >= 0.6 is 34.5 Å². The van der Waals surface area contributed by atoms with Gasteiger partial charge >= 0.3 is 0 Å². The number of H-pyrrole nitrogens is 1. The average molecular weight is 389 g/mol. The Kier molecular flexibility index (Phi) is 4.00. The van der Waals surface area contributed by atoms with Crippen molar-refractivity contribution in [2.45, 2.75) is 0 Å². The first-order chi connectivity index (χ1) is 12.0. The summed E-state index contributed by atoms with van der Waals surface area (Å²) >= 11 is 13.6. The molecule has 124 valence electrons. The molecular weight excluding hydrogens is 379 g/mol. The fourth-order valence-electron chi connectivity index (χ4n) is 2.62. The molecule has 2 heterocycles. The van der Waals surface area contributed by atoms with E-state index in [1.54, 1.807) is 18.2 Å². The molecule has 0 atom stereocenters. The third-order valence-corrected chi connectivity index (χ3v) is 5.33. The number of rotatable bonds is 2. The Balaban J connectivity index is 1.92. The standard InChI is InChI=1S/C18H10Cl2N2O2S/c19-12-4-2-1-3-10(12)11-8-25-18-15(11)17(24)21-16(22-18)9-5-6-14(23)13(20)7-9/h1-8,23H,(H,21,22,24). The largest absolute Gasteiger partial charge is 0.506 e. The van der Waals surface area contributed by atoms with E-state index in [0.717, 1.165) is 11.1 Å². The summed E-state index contributed by atoms with van der Waals surface area (Å²) in [6.45, 7) is 0. The molecule has 0 aliphatic carbocycles. The number of thiophene rings is 1. The number of aromatic hydroxyl groups is 1. The minimum atomic E-state index is -0.250. The molecule has 2 N–H and O–H groups in total. The van der Waals surface area contributed by atoms with E-state index in [1.807, 2.05) is 23.6 Å². The molecule has 0 saturated heterocycles. The van der Waals surface area contributed by atoms with Crippen molar-refractivity contribution in [2.24, 2.45) is 0 Å². The number of nitrogens with zero attached hydrogens (tertiary/aromatic N) is 1. The molecule has 4 rings (SSSR count). The lowest BCUT2D eigenvalue weighted by molar-refractivity contribution is 0.475. The summed E-state index contributed by atoms with van der Waals surface area (Å²) in [5.41, 5.74) is 1.92. The molecule has 2 aromatic carbocycles. The van der Waals surface area contributed by atoms with Crippen molar-refractivity contribution in [2.75, 3.05) is 0 Å². The van der Waals surface area contributed by atoms with Crippen LogP contribution < -0.4 is 5.56 Å². The summed E-state index contributed by atoms with van der Waals surface area (Å²) in [6.07, 6.45) is 0. The first kappa shape index (κ1) is 16.1. The van der Waals surface area contributed by atoms with Gasteiger partial charge in [-0.1, -0.05) is 41.4 Å². The second-order valence-electron chi connectivity index (χ2n) is 5.39. The maximum Gasteiger partial charge on any atom is 0.260 e. The van der Waals surface area contributed by atoms with Gasteiger partial charge in [-0.2, -0.15) is 0 Å². The SMILES string of the molecule is O=c1[nH]c(-c2ccc(O)c(Cl)c2)nc2scc(-c3ccccc3Cl)c12. The molecule has 4 nitrogen and oxygen atoms in total. The second kappa shape index (κ2) is 6.19. The van der Waals surface area contributed by atoms with Crippen LogP contribution in [0.15, 0.2) is 52.6 Å². The maximum absolute atomic E-state index is 12.7. The topological polar surface area (TPSA) is 66.0 Å². The first-order valence-corrected chi connectivity index (χ1v) is 8.93. The third kappa shape index (κ3) is 2.80. The highest BCUT2D eigenvalue weighted by Gasteiger charge is 2.15. The van der Waals surface area contributed by atoms with Gasteiger partial charge in [-0.25, -0.2) is 4.98 Å². The molecule has 0 amide bonds. The summed E-state index contributed by atoms with van der Waals surface area (Å²) in [5.74, 6) is 0.373. The molecular formula is C18H10Cl2N2O2S. The monoisotopic (exact) mass is 388 g/mol. The number of phenolic OH excluding ortho intramolecular Hbond substituents is 1. The van der Waals surface area contributed by atoms with E-state index in [4.69, 9.17) is 23.2 Å². The first-order valence-electron chi connectivity index (χ1n) is 7.30. The Morgan fingerprint density at radius 3 is 2.60 bits per heavy atom. The predicted molar refractivity (Wildman–Crippen MR) is 103 cm³/mol. The van der Waals surface area contributed by atoms with Crippen LogP contribution in [0.3, 0.4) is 0 Å². The van der Waals surface area contributed by atoms with Gasteiger partial charge in [0.25, 0.3) is 5.56 Å².